The number of hydrogen-bond acceptors (Lipinski definition) is 5. The molecule has 8 nitrogen and oxygen atoms in total. The molecular formula is C21H26N4O4. The molecule has 1 aliphatic carbocycles. The fourth-order valence-electron chi connectivity index (χ4n) is 3.87. The van der Waals surface area contributed by atoms with Crippen molar-refractivity contribution in [1.82, 2.24) is 20.1 Å². The van der Waals surface area contributed by atoms with Gasteiger partial charge in [-0.2, -0.15) is 0 Å². The summed E-state index contributed by atoms with van der Waals surface area (Å²) in [5.74, 6) is -0.550. The standard InChI is InChI=1S/C21H26N4O4/c1-29-20(27)10-18-21(28)22-8-9-24(18)11-14-12-25(13-19(26)23-15-6-7-15)17-5-3-2-4-16(14)17/h2-5,12,15,18H,6-11,13H2,1H3,(H,22,28)(H,23,26). The van der Waals surface area contributed by atoms with E-state index in [1.54, 1.807) is 0 Å². The van der Waals surface area contributed by atoms with Crippen LogP contribution in [0.5, 0.6) is 0 Å². The fraction of sp³-hybridized carbons (Fsp3) is 0.476. The average molecular weight is 398 g/mol. The third-order valence-corrected chi connectivity index (χ3v) is 5.53. The first-order valence-corrected chi connectivity index (χ1v) is 10.00. The Morgan fingerprint density at radius 3 is 2.83 bits per heavy atom. The summed E-state index contributed by atoms with van der Waals surface area (Å²) < 4.78 is 6.72. The number of para-hydroxylation sites is 1. The number of carbonyl (C=O) groups is 3. The molecule has 2 heterocycles. The number of benzene rings is 1. The first-order valence-electron chi connectivity index (χ1n) is 10.00. The lowest BCUT2D eigenvalue weighted by atomic mass is 10.1. The highest BCUT2D eigenvalue weighted by Crippen LogP contribution is 2.25. The third kappa shape index (κ3) is 4.42. The van der Waals surface area contributed by atoms with Crippen LogP contribution in [-0.2, 0) is 32.2 Å². The second-order valence-electron chi connectivity index (χ2n) is 7.70. The molecule has 2 aliphatic rings. The van der Waals surface area contributed by atoms with E-state index in [0.29, 0.717) is 25.7 Å². The van der Waals surface area contributed by atoms with Gasteiger partial charge in [0, 0.05) is 42.8 Å². The number of hydrogen-bond donors (Lipinski definition) is 2. The third-order valence-electron chi connectivity index (χ3n) is 5.53. The summed E-state index contributed by atoms with van der Waals surface area (Å²) in [5, 5.41) is 6.90. The Bertz CT molecular complexity index is 934. The van der Waals surface area contributed by atoms with Crippen molar-refractivity contribution in [2.45, 2.75) is 44.4 Å². The second kappa shape index (κ2) is 8.24. The van der Waals surface area contributed by atoms with Gasteiger partial charge in [0.2, 0.25) is 11.8 Å². The van der Waals surface area contributed by atoms with Crippen molar-refractivity contribution in [3.63, 3.8) is 0 Å². The molecule has 1 saturated heterocycles. The van der Waals surface area contributed by atoms with Gasteiger partial charge < -0.3 is 19.9 Å². The monoisotopic (exact) mass is 398 g/mol. The fourth-order valence-corrected chi connectivity index (χ4v) is 3.87. The molecule has 154 valence electrons. The van der Waals surface area contributed by atoms with Crippen LogP contribution < -0.4 is 10.6 Å². The Balaban J connectivity index is 1.56. The minimum Gasteiger partial charge on any atom is -0.469 e. The van der Waals surface area contributed by atoms with Gasteiger partial charge in [-0.05, 0) is 24.5 Å². The van der Waals surface area contributed by atoms with Gasteiger partial charge in [0.15, 0.2) is 0 Å². The molecule has 1 aliphatic heterocycles. The Morgan fingerprint density at radius 2 is 2.07 bits per heavy atom. The van der Waals surface area contributed by atoms with Gasteiger partial charge in [-0.15, -0.1) is 0 Å². The van der Waals surface area contributed by atoms with Crippen molar-refractivity contribution >= 4 is 28.7 Å². The molecule has 1 unspecified atom stereocenters. The molecule has 1 atom stereocenters. The van der Waals surface area contributed by atoms with E-state index in [-0.39, 0.29) is 24.8 Å². The number of amides is 2. The number of nitrogens with zero attached hydrogens (tertiary/aromatic N) is 2. The van der Waals surface area contributed by atoms with Gasteiger partial charge in [-0.25, -0.2) is 0 Å². The van der Waals surface area contributed by atoms with Crippen LogP contribution in [-0.4, -0.2) is 59.5 Å². The number of piperazine rings is 1. The second-order valence-corrected chi connectivity index (χ2v) is 7.70. The van der Waals surface area contributed by atoms with Crippen molar-refractivity contribution in [1.29, 1.82) is 0 Å². The van der Waals surface area contributed by atoms with Gasteiger partial charge in [-0.3, -0.25) is 19.3 Å². The van der Waals surface area contributed by atoms with Gasteiger partial charge in [0.1, 0.15) is 12.6 Å². The Morgan fingerprint density at radius 1 is 1.28 bits per heavy atom. The van der Waals surface area contributed by atoms with Crippen molar-refractivity contribution in [2.75, 3.05) is 20.2 Å². The lowest BCUT2D eigenvalue weighted by molar-refractivity contribution is -0.146. The smallest absolute Gasteiger partial charge is 0.307 e. The molecule has 8 heteroatoms. The molecule has 1 aromatic heterocycles. The predicted molar refractivity (Wildman–Crippen MR) is 107 cm³/mol. The number of nitrogens with one attached hydrogen (secondary N) is 2. The van der Waals surface area contributed by atoms with Crippen molar-refractivity contribution in [2.24, 2.45) is 0 Å². The summed E-state index contributed by atoms with van der Waals surface area (Å²) in [6, 6.07) is 7.72. The van der Waals surface area contributed by atoms with E-state index in [1.807, 2.05) is 39.9 Å². The molecule has 0 bridgehead atoms. The minimum atomic E-state index is -0.559. The Labute approximate surface area is 169 Å². The summed E-state index contributed by atoms with van der Waals surface area (Å²) in [4.78, 5) is 38.4. The lowest BCUT2D eigenvalue weighted by Crippen LogP contribution is -2.55. The molecule has 2 N–H and O–H groups in total. The van der Waals surface area contributed by atoms with Crippen LogP contribution in [0, 0.1) is 0 Å². The van der Waals surface area contributed by atoms with Gasteiger partial charge in [0.25, 0.3) is 0 Å². The Hall–Kier alpha value is -2.87. The molecule has 2 aromatic rings. The number of ether oxygens (including phenoxy) is 1. The number of methoxy groups -OCH3 is 1. The van der Waals surface area contributed by atoms with E-state index in [0.717, 1.165) is 29.3 Å². The summed E-state index contributed by atoms with van der Waals surface area (Å²) in [6.45, 7) is 1.98. The molecule has 1 aromatic carbocycles. The minimum absolute atomic E-state index is 0.0146. The molecule has 4 rings (SSSR count). The summed E-state index contributed by atoms with van der Waals surface area (Å²) >= 11 is 0. The number of fused-ring (bicyclic) bond motifs is 1. The van der Waals surface area contributed by atoms with Crippen LogP contribution in [0.25, 0.3) is 10.9 Å². The lowest BCUT2D eigenvalue weighted by Gasteiger charge is -2.34. The van der Waals surface area contributed by atoms with Gasteiger partial charge in [0.05, 0.1) is 13.5 Å². The highest BCUT2D eigenvalue weighted by atomic mass is 16.5. The van der Waals surface area contributed by atoms with Crippen LogP contribution in [0.4, 0.5) is 0 Å². The van der Waals surface area contributed by atoms with Crippen molar-refractivity contribution in [3.8, 4) is 0 Å². The van der Waals surface area contributed by atoms with E-state index < -0.39 is 12.0 Å². The summed E-state index contributed by atoms with van der Waals surface area (Å²) in [6.07, 6.45) is 4.12. The maximum atomic E-state index is 12.4. The number of aromatic nitrogens is 1. The van der Waals surface area contributed by atoms with E-state index in [9.17, 15) is 14.4 Å². The van der Waals surface area contributed by atoms with E-state index in [2.05, 4.69) is 10.6 Å². The number of rotatable bonds is 7. The highest BCUT2D eigenvalue weighted by Gasteiger charge is 2.32. The van der Waals surface area contributed by atoms with E-state index in [4.69, 9.17) is 4.74 Å². The van der Waals surface area contributed by atoms with E-state index in [1.165, 1.54) is 7.11 Å². The molecule has 2 amide bonds. The van der Waals surface area contributed by atoms with Crippen molar-refractivity contribution in [3.05, 3.63) is 36.0 Å². The zero-order valence-electron chi connectivity index (χ0n) is 16.5. The zero-order valence-corrected chi connectivity index (χ0v) is 16.5. The molecule has 1 saturated carbocycles. The number of carbonyl (C=O) groups excluding carboxylic acids is 3. The molecule has 0 spiro atoms. The quantitative estimate of drug-likeness (QED) is 0.673. The molecular weight excluding hydrogens is 372 g/mol. The average Bonchev–Trinajstić information content (AvgIpc) is 3.46. The summed E-state index contributed by atoms with van der Waals surface area (Å²) in [5.41, 5.74) is 2.02. The first-order chi connectivity index (χ1) is 14.0. The van der Waals surface area contributed by atoms with Crippen LogP contribution in [0.3, 0.4) is 0 Å². The Kier molecular flexibility index (Phi) is 5.53. The largest absolute Gasteiger partial charge is 0.469 e. The predicted octanol–water partition coefficient (Wildman–Crippen LogP) is 0.783. The maximum Gasteiger partial charge on any atom is 0.307 e. The first kappa shape index (κ1) is 19.4. The van der Waals surface area contributed by atoms with Crippen LogP contribution in [0.15, 0.2) is 30.5 Å². The topological polar surface area (TPSA) is 92.7 Å². The van der Waals surface area contributed by atoms with Gasteiger partial charge in [-0.1, -0.05) is 18.2 Å². The van der Waals surface area contributed by atoms with Crippen LogP contribution in [0.1, 0.15) is 24.8 Å². The molecule has 0 radical (unpaired) electrons. The van der Waals surface area contributed by atoms with Crippen LogP contribution in [0.2, 0.25) is 0 Å². The summed E-state index contributed by atoms with van der Waals surface area (Å²) in [7, 11) is 1.33. The van der Waals surface area contributed by atoms with Crippen LogP contribution >= 0.6 is 0 Å². The van der Waals surface area contributed by atoms with Crippen molar-refractivity contribution < 1.29 is 19.1 Å². The normalized spacial score (nSPS) is 19.8. The molecule has 29 heavy (non-hydrogen) atoms. The SMILES string of the molecule is COC(=O)CC1C(=O)NCCN1Cc1cn(CC(=O)NC2CC2)c2ccccc12. The van der Waals surface area contributed by atoms with Gasteiger partial charge >= 0.3 is 5.97 Å². The maximum absolute atomic E-state index is 12.4. The molecule has 2 fully saturated rings. The zero-order chi connectivity index (χ0) is 20.4. The van der Waals surface area contributed by atoms with E-state index >= 15 is 0 Å². The highest BCUT2D eigenvalue weighted by molar-refractivity contribution is 5.88. The number of esters is 1.